The molecule has 0 amide bonds. The molecule has 5 heteroatoms. The lowest BCUT2D eigenvalue weighted by Gasteiger charge is -2.34. The van der Waals surface area contributed by atoms with Crippen LogP contribution in [0.2, 0.25) is 0 Å². The van der Waals surface area contributed by atoms with Gasteiger partial charge < -0.3 is 23.2 Å². The molecule has 2 aliphatic rings. The Kier molecular flexibility index (Phi) is 6.80. The first-order valence-electron chi connectivity index (χ1n) is 19.2. The maximum absolute atomic E-state index is 6.94. The molecule has 56 heavy (non-hydrogen) atoms. The zero-order valence-electron chi connectivity index (χ0n) is 31.9. The first-order valence-corrected chi connectivity index (χ1v) is 19.2. The quantitative estimate of drug-likeness (QED) is 0.181. The van der Waals surface area contributed by atoms with E-state index in [1.165, 1.54) is 5.56 Å². The number of ether oxygens (including phenoxy) is 2. The summed E-state index contributed by atoms with van der Waals surface area (Å²) in [7, 11) is 0. The molecule has 1 aliphatic heterocycles. The smallest absolute Gasteiger partial charge is 0.174 e. The van der Waals surface area contributed by atoms with Gasteiger partial charge in [-0.2, -0.15) is 0 Å². The van der Waals surface area contributed by atoms with Gasteiger partial charge in [0.15, 0.2) is 23.0 Å². The van der Waals surface area contributed by atoms with Crippen LogP contribution in [0.3, 0.4) is 0 Å². The van der Waals surface area contributed by atoms with Gasteiger partial charge in [-0.15, -0.1) is 0 Å². The summed E-state index contributed by atoms with van der Waals surface area (Å²) < 4.78 is 26.6. The van der Waals surface area contributed by atoms with Crippen molar-refractivity contribution in [3.05, 3.63) is 161 Å². The van der Waals surface area contributed by atoms with Gasteiger partial charge in [0.25, 0.3) is 0 Å². The van der Waals surface area contributed by atoms with Gasteiger partial charge in [-0.05, 0) is 82.8 Å². The van der Waals surface area contributed by atoms with E-state index in [1.807, 2.05) is 48.5 Å². The van der Waals surface area contributed by atoms with Crippen LogP contribution in [0.4, 0.5) is 17.1 Å². The minimum Gasteiger partial charge on any atom is -0.456 e. The monoisotopic (exact) mass is 729 g/mol. The Hall–Kier alpha value is -6.72. The Balaban J connectivity index is 1.20. The summed E-state index contributed by atoms with van der Waals surface area (Å²) in [5.74, 6) is 2.86. The SMILES string of the molecule is CC(C)(C)c1ccc(N(c2ccc3c(c2)oc2ccccc23)c2cc3c(c4oc5ccccc5c24)C=Cc2ccc4c(c2C3(C)C)Oc2ccccc2O4)cc1. The minimum absolute atomic E-state index is 0.00380. The molecular formula is C51H39NO4. The van der Waals surface area contributed by atoms with Crippen molar-refractivity contribution in [1.82, 2.24) is 0 Å². The van der Waals surface area contributed by atoms with Crippen LogP contribution in [-0.2, 0) is 10.8 Å². The Morgan fingerprint density at radius 2 is 1.21 bits per heavy atom. The molecule has 272 valence electrons. The van der Waals surface area contributed by atoms with Crippen molar-refractivity contribution in [3.63, 3.8) is 0 Å². The van der Waals surface area contributed by atoms with E-state index in [0.29, 0.717) is 17.2 Å². The summed E-state index contributed by atoms with van der Waals surface area (Å²) in [5.41, 5.74) is 11.4. The second-order valence-electron chi connectivity index (χ2n) is 16.5. The van der Waals surface area contributed by atoms with E-state index >= 15 is 0 Å². The van der Waals surface area contributed by atoms with Crippen molar-refractivity contribution in [3.8, 4) is 23.0 Å². The molecule has 5 nitrogen and oxygen atoms in total. The van der Waals surface area contributed by atoms with E-state index in [0.717, 1.165) is 88.9 Å². The van der Waals surface area contributed by atoms with Gasteiger partial charge in [-0.3, -0.25) is 0 Å². The third-order valence-electron chi connectivity index (χ3n) is 11.7. The van der Waals surface area contributed by atoms with E-state index in [1.54, 1.807) is 0 Å². The lowest BCUT2D eigenvalue weighted by molar-refractivity contribution is 0.351. The molecule has 1 aliphatic carbocycles. The molecule has 0 fully saturated rings. The highest BCUT2D eigenvalue weighted by Gasteiger charge is 2.38. The van der Waals surface area contributed by atoms with Gasteiger partial charge >= 0.3 is 0 Å². The first-order chi connectivity index (χ1) is 27.1. The summed E-state index contributed by atoms with van der Waals surface area (Å²) >= 11 is 0. The standard InChI is InChI=1S/C51H39NO4/c1-50(2,3)31-20-22-32(23-21-31)52(33-24-26-35-34-12-6-8-14-40(34)53-45(35)28-33)39-29-38-36(48-46(39)37-13-7-9-15-41(37)55-48)25-18-30-19-27-44-49(47(30)51(38,4)5)56-43-17-11-10-16-42(43)54-44/h6-29H,1-5H3. The Labute approximate surface area is 325 Å². The second kappa shape index (κ2) is 11.6. The predicted octanol–water partition coefficient (Wildman–Crippen LogP) is 15.0. The molecular weight excluding hydrogens is 691 g/mol. The van der Waals surface area contributed by atoms with E-state index < -0.39 is 5.41 Å². The number of anilines is 3. The third-order valence-corrected chi connectivity index (χ3v) is 11.7. The predicted molar refractivity (Wildman–Crippen MR) is 228 cm³/mol. The van der Waals surface area contributed by atoms with Crippen molar-refractivity contribution in [2.45, 2.75) is 45.4 Å². The van der Waals surface area contributed by atoms with Crippen molar-refractivity contribution < 1.29 is 18.3 Å². The van der Waals surface area contributed by atoms with Crippen LogP contribution < -0.4 is 14.4 Å². The molecule has 7 aromatic carbocycles. The second-order valence-corrected chi connectivity index (χ2v) is 16.5. The summed E-state index contributed by atoms with van der Waals surface area (Å²) in [6.07, 6.45) is 4.40. The Morgan fingerprint density at radius 1 is 0.554 bits per heavy atom. The van der Waals surface area contributed by atoms with E-state index in [9.17, 15) is 0 Å². The number of benzene rings is 7. The highest BCUT2D eigenvalue weighted by molar-refractivity contribution is 6.17. The number of para-hydroxylation sites is 4. The van der Waals surface area contributed by atoms with Crippen molar-refractivity contribution >= 4 is 73.1 Å². The first kappa shape index (κ1) is 32.7. The molecule has 0 spiro atoms. The summed E-state index contributed by atoms with van der Waals surface area (Å²) in [6, 6.07) is 46.5. The van der Waals surface area contributed by atoms with Crippen LogP contribution >= 0.6 is 0 Å². The fourth-order valence-electron chi connectivity index (χ4n) is 8.85. The van der Waals surface area contributed by atoms with Gasteiger partial charge in [0, 0.05) is 50.1 Å². The highest BCUT2D eigenvalue weighted by Crippen LogP contribution is 2.56. The van der Waals surface area contributed by atoms with Crippen LogP contribution in [0.1, 0.15) is 62.4 Å². The van der Waals surface area contributed by atoms with Crippen molar-refractivity contribution in [2.75, 3.05) is 4.90 Å². The average Bonchev–Trinajstić information content (AvgIpc) is 3.74. The molecule has 0 saturated heterocycles. The molecule has 0 atom stereocenters. The summed E-state index contributed by atoms with van der Waals surface area (Å²) in [4.78, 5) is 2.37. The molecule has 2 aromatic heterocycles. The van der Waals surface area contributed by atoms with Crippen LogP contribution in [0.5, 0.6) is 23.0 Å². The minimum atomic E-state index is -0.554. The lowest BCUT2D eigenvalue weighted by atomic mass is 9.74. The zero-order valence-corrected chi connectivity index (χ0v) is 31.9. The van der Waals surface area contributed by atoms with Crippen LogP contribution in [0, 0.1) is 0 Å². The fourth-order valence-corrected chi connectivity index (χ4v) is 8.85. The van der Waals surface area contributed by atoms with Crippen LogP contribution in [0.15, 0.2) is 142 Å². The maximum Gasteiger partial charge on any atom is 0.174 e. The van der Waals surface area contributed by atoms with Gasteiger partial charge in [0.1, 0.15) is 22.3 Å². The molecule has 0 N–H and O–H groups in total. The molecule has 9 aromatic rings. The van der Waals surface area contributed by atoms with Crippen LogP contribution in [-0.4, -0.2) is 0 Å². The van der Waals surface area contributed by atoms with Gasteiger partial charge in [0.2, 0.25) is 0 Å². The maximum atomic E-state index is 6.94. The van der Waals surface area contributed by atoms with Gasteiger partial charge in [-0.25, -0.2) is 0 Å². The van der Waals surface area contributed by atoms with Gasteiger partial charge in [-0.1, -0.05) is 114 Å². The number of hydrogen-bond donors (Lipinski definition) is 0. The molecule has 0 saturated carbocycles. The number of hydrogen-bond acceptors (Lipinski definition) is 5. The molecule has 0 unspecified atom stereocenters. The van der Waals surface area contributed by atoms with Crippen LogP contribution in [0.25, 0.3) is 56.0 Å². The lowest BCUT2D eigenvalue weighted by Crippen LogP contribution is -2.23. The molecule has 0 bridgehead atoms. The van der Waals surface area contributed by atoms with Crippen molar-refractivity contribution in [1.29, 1.82) is 0 Å². The average molecular weight is 730 g/mol. The zero-order chi connectivity index (χ0) is 37.9. The Bertz CT molecular complexity index is 3100. The van der Waals surface area contributed by atoms with E-state index in [4.69, 9.17) is 18.3 Å². The Morgan fingerprint density at radius 3 is 1.98 bits per heavy atom. The number of rotatable bonds is 3. The topological polar surface area (TPSA) is 48.0 Å². The van der Waals surface area contributed by atoms with Gasteiger partial charge in [0.05, 0.1) is 11.1 Å². The molecule has 11 rings (SSSR count). The highest BCUT2D eigenvalue weighted by atomic mass is 16.6. The molecule has 0 radical (unpaired) electrons. The normalized spacial score (nSPS) is 14.2. The summed E-state index contributed by atoms with van der Waals surface area (Å²) in [6.45, 7) is 11.3. The molecule has 3 heterocycles. The largest absolute Gasteiger partial charge is 0.456 e. The number of furan rings is 2. The van der Waals surface area contributed by atoms with E-state index in [-0.39, 0.29) is 5.41 Å². The summed E-state index contributed by atoms with van der Waals surface area (Å²) in [5, 5.41) is 4.29. The van der Waals surface area contributed by atoms with Crippen molar-refractivity contribution in [2.24, 2.45) is 0 Å². The van der Waals surface area contributed by atoms with E-state index in [2.05, 4.69) is 137 Å². The fraction of sp³-hybridized carbons (Fsp3) is 0.137. The number of nitrogens with zero attached hydrogens (tertiary/aromatic N) is 1. The number of fused-ring (bicyclic) bond motifs is 12. The third kappa shape index (κ3) is 4.80.